The Morgan fingerprint density at radius 3 is 2.65 bits per heavy atom. The maximum Gasteiger partial charge on any atom is 0.290 e. The van der Waals surface area contributed by atoms with E-state index in [-0.39, 0.29) is 30.2 Å². The van der Waals surface area contributed by atoms with E-state index < -0.39 is 0 Å². The average molecular weight is 366 g/mol. The lowest BCUT2D eigenvalue weighted by molar-refractivity contribution is -0.127. The number of piperidine rings is 1. The Hall–Kier alpha value is -2.68. The highest BCUT2D eigenvalue weighted by Gasteiger charge is 2.28. The van der Waals surface area contributed by atoms with Crippen LogP contribution in [-0.4, -0.2) is 66.1 Å². The van der Waals surface area contributed by atoms with Crippen LogP contribution in [0.5, 0.6) is 0 Å². The van der Waals surface area contributed by atoms with Crippen molar-refractivity contribution in [3.05, 3.63) is 24.0 Å². The number of nitrogens with two attached hydrogens (primary N) is 1. The number of nitrogen functional groups attached to an aromatic ring is 1. The Morgan fingerprint density at radius 1 is 1.50 bits per heavy atom. The number of rotatable bonds is 5. The Morgan fingerprint density at radius 2 is 2.12 bits per heavy atom. The van der Waals surface area contributed by atoms with E-state index >= 15 is 0 Å². The normalized spacial score (nSPS) is 15.4. The molecular formula is C17H26N4O5. The maximum atomic E-state index is 12.4. The van der Waals surface area contributed by atoms with Gasteiger partial charge in [-0.1, -0.05) is 0 Å². The summed E-state index contributed by atoms with van der Waals surface area (Å²) in [7, 11) is 1.61. The van der Waals surface area contributed by atoms with Gasteiger partial charge in [-0.25, -0.2) is 0 Å². The smallest absolute Gasteiger partial charge is 0.290 e. The molecule has 9 nitrogen and oxygen atoms in total. The third-order valence-electron chi connectivity index (χ3n) is 3.96. The van der Waals surface area contributed by atoms with Crippen molar-refractivity contribution < 1.29 is 24.2 Å². The maximum absolute atomic E-state index is 12.4. The predicted molar refractivity (Wildman–Crippen MR) is 95.5 cm³/mol. The SMILES string of the molecule is COCC(C)NC(=O)C1CCN(C(=O)c2cc(N)ccn2)CC1.O=CO. The van der Waals surface area contributed by atoms with E-state index in [0.717, 1.165) is 0 Å². The zero-order valence-electron chi connectivity index (χ0n) is 15.1. The van der Waals surface area contributed by atoms with Crippen molar-refractivity contribution in [2.45, 2.75) is 25.8 Å². The van der Waals surface area contributed by atoms with E-state index in [1.54, 1.807) is 24.1 Å². The van der Waals surface area contributed by atoms with Crippen LogP contribution in [0.1, 0.15) is 30.3 Å². The Labute approximate surface area is 152 Å². The van der Waals surface area contributed by atoms with Gasteiger partial charge in [0, 0.05) is 44.0 Å². The van der Waals surface area contributed by atoms with Gasteiger partial charge in [-0.3, -0.25) is 19.4 Å². The minimum Gasteiger partial charge on any atom is -0.483 e. The number of methoxy groups -OCH3 is 1. The number of pyridine rings is 1. The first-order valence-electron chi connectivity index (χ1n) is 8.30. The summed E-state index contributed by atoms with van der Waals surface area (Å²) in [5.74, 6) is -0.167. The standard InChI is InChI=1S/C16H24N4O3.CH2O2/c1-11(10-23-2)19-15(21)12-4-7-20(8-5-12)16(22)14-9-13(17)3-6-18-14;2-1-3/h3,6,9,11-12H,4-5,7-8,10H2,1-2H3,(H2,17,18)(H,19,21);1H,(H,2,3). The van der Waals surface area contributed by atoms with Crippen LogP contribution in [0.25, 0.3) is 0 Å². The van der Waals surface area contributed by atoms with Gasteiger partial charge in [-0.15, -0.1) is 0 Å². The van der Waals surface area contributed by atoms with Crippen molar-refractivity contribution >= 4 is 24.0 Å². The summed E-state index contributed by atoms with van der Waals surface area (Å²) in [6, 6.07) is 3.21. The molecule has 2 rings (SSSR count). The molecule has 144 valence electrons. The van der Waals surface area contributed by atoms with Crippen LogP contribution in [0.3, 0.4) is 0 Å². The van der Waals surface area contributed by atoms with E-state index in [1.807, 2.05) is 6.92 Å². The van der Waals surface area contributed by atoms with Crippen LogP contribution in [0.4, 0.5) is 5.69 Å². The summed E-state index contributed by atoms with van der Waals surface area (Å²) >= 11 is 0. The molecule has 1 aliphatic rings. The second-order valence-electron chi connectivity index (χ2n) is 6.01. The second-order valence-corrected chi connectivity index (χ2v) is 6.01. The number of aromatic nitrogens is 1. The van der Waals surface area contributed by atoms with Gasteiger partial charge < -0.3 is 25.8 Å². The van der Waals surface area contributed by atoms with Crippen molar-refractivity contribution in [3.8, 4) is 0 Å². The Balaban J connectivity index is 0.00000105. The highest BCUT2D eigenvalue weighted by atomic mass is 16.5. The molecule has 1 fully saturated rings. The number of anilines is 1. The molecule has 0 aromatic carbocycles. The van der Waals surface area contributed by atoms with Gasteiger partial charge >= 0.3 is 0 Å². The lowest BCUT2D eigenvalue weighted by Crippen LogP contribution is -2.45. The molecule has 2 amide bonds. The molecule has 0 aliphatic carbocycles. The third-order valence-corrected chi connectivity index (χ3v) is 3.96. The molecule has 0 spiro atoms. The van der Waals surface area contributed by atoms with Crippen molar-refractivity contribution in [3.63, 3.8) is 0 Å². The molecule has 26 heavy (non-hydrogen) atoms. The van der Waals surface area contributed by atoms with Gasteiger partial charge in [0.15, 0.2) is 0 Å². The highest BCUT2D eigenvalue weighted by Crippen LogP contribution is 2.19. The topological polar surface area (TPSA) is 135 Å². The fraction of sp³-hybridized carbons (Fsp3) is 0.529. The van der Waals surface area contributed by atoms with E-state index in [1.165, 1.54) is 6.20 Å². The predicted octanol–water partition coefficient (Wildman–Crippen LogP) is 0.368. The summed E-state index contributed by atoms with van der Waals surface area (Å²) in [6.07, 6.45) is 2.83. The molecule has 4 N–H and O–H groups in total. The Kier molecular flexibility index (Phi) is 9.07. The molecule has 1 aromatic rings. The molecule has 0 bridgehead atoms. The number of nitrogens with zero attached hydrogens (tertiary/aromatic N) is 2. The number of carbonyl (C=O) groups excluding carboxylic acids is 2. The van der Waals surface area contributed by atoms with Crippen LogP contribution >= 0.6 is 0 Å². The fourth-order valence-corrected chi connectivity index (χ4v) is 2.72. The molecule has 0 radical (unpaired) electrons. The van der Waals surface area contributed by atoms with Crippen LogP contribution < -0.4 is 11.1 Å². The molecule has 0 saturated carbocycles. The highest BCUT2D eigenvalue weighted by molar-refractivity contribution is 5.93. The first-order valence-corrected chi connectivity index (χ1v) is 8.30. The second kappa shape index (κ2) is 11.0. The van der Waals surface area contributed by atoms with Gasteiger partial charge in [0.1, 0.15) is 5.69 Å². The molecule has 2 heterocycles. The number of carbonyl (C=O) groups is 3. The number of amides is 2. The van der Waals surface area contributed by atoms with Crippen molar-refractivity contribution in [2.75, 3.05) is 32.5 Å². The summed E-state index contributed by atoms with van der Waals surface area (Å²) < 4.78 is 5.01. The zero-order chi connectivity index (χ0) is 19.5. The van der Waals surface area contributed by atoms with Crippen molar-refractivity contribution in [1.82, 2.24) is 15.2 Å². The minimum atomic E-state index is -0.250. The molecule has 1 aliphatic heterocycles. The number of ether oxygens (including phenoxy) is 1. The molecule has 9 heteroatoms. The van der Waals surface area contributed by atoms with E-state index in [9.17, 15) is 9.59 Å². The summed E-state index contributed by atoms with van der Waals surface area (Å²) in [5, 5.41) is 9.83. The van der Waals surface area contributed by atoms with Crippen LogP contribution in [0, 0.1) is 5.92 Å². The van der Waals surface area contributed by atoms with Gasteiger partial charge in [0.25, 0.3) is 12.4 Å². The summed E-state index contributed by atoms with van der Waals surface area (Å²) in [6.45, 7) is 3.24. The van der Waals surface area contributed by atoms with Crippen molar-refractivity contribution in [2.24, 2.45) is 5.92 Å². The molecule has 1 aromatic heterocycles. The number of carboxylic acid groups (broad SMARTS) is 1. The number of hydrogen-bond donors (Lipinski definition) is 3. The minimum absolute atomic E-state index is 0.0105. The number of likely N-dealkylation sites (tertiary alicyclic amines) is 1. The van der Waals surface area contributed by atoms with Gasteiger partial charge in [0.05, 0.1) is 6.61 Å². The monoisotopic (exact) mass is 366 g/mol. The first kappa shape index (κ1) is 21.4. The molecular weight excluding hydrogens is 340 g/mol. The lowest BCUT2D eigenvalue weighted by Gasteiger charge is -2.31. The largest absolute Gasteiger partial charge is 0.483 e. The zero-order valence-corrected chi connectivity index (χ0v) is 15.1. The summed E-state index contributed by atoms with van der Waals surface area (Å²) in [5.41, 5.74) is 6.55. The van der Waals surface area contributed by atoms with Gasteiger partial charge in [-0.2, -0.15) is 0 Å². The van der Waals surface area contributed by atoms with Crippen LogP contribution in [-0.2, 0) is 14.3 Å². The molecule has 1 atom stereocenters. The quantitative estimate of drug-likeness (QED) is 0.641. The Bertz CT molecular complexity index is 603. The van der Waals surface area contributed by atoms with Crippen molar-refractivity contribution in [1.29, 1.82) is 0 Å². The number of nitrogens with one attached hydrogen (secondary N) is 1. The average Bonchev–Trinajstić information content (AvgIpc) is 2.62. The van der Waals surface area contributed by atoms with E-state index in [0.29, 0.717) is 43.9 Å². The lowest BCUT2D eigenvalue weighted by atomic mass is 9.95. The van der Waals surface area contributed by atoms with Gasteiger partial charge in [0.2, 0.25) is 5.91 Å². The van der Waals surface area contributed by atoms with E-state index in [4.69, 9.17) is 20.4 Å². The van der Waals surface area contributed by atoms with Gasteiger partial charge in [-0.05, 0) is 31.9 Å². The van der Waals surface area contributed by atoms with Crippen LogP contribution in [0.15, 0.2) is 18.3 Å². The fourth-order valence-electron chi connectivity index (χ4n) is 2.72. The third kappa shape index (κ3) is 6.67. The molecule has 1 unspecified atom stereocenters. The molecule has 1 saturated heterocycles. The summed E-state index contributed by atoms with van der Waals surface area (Å²) in [4.78, 5) is 38.7. The van der Waals surface area contributed by atoms with E-state index in [2.05, 4.69) is 10.3 Å². The first-order chi connectivity index (χ1) is 12.4. The van der Waals surface area contributed by atoms with Crippen LogP contribution in [0.2, 0.25) is 0 Å². The number of hydrogen-bond acceptors (Lipinski definition) is 6.